The topological polar surface area (TPSA) is 76.7 Å². The Hall–Kier alpha value is -2.19. The Morgan fingerprint density at radius 3 is 2.75 bits per heavy atom. The molecule has 2 N–H and O–H groups in total. The number of amides is 2. The van der Waals surface area contributed by atoms with Crippen LogP contribution in [0.5, 0.6) is 11.5 Å². The lowest BCUT2D eigenvalue weighted by Gasteiger charge is -2.19. The highest BCUT2D eigenvalue weighted by molar-refractivity contribution is 9.10. The van der Waals surface area contributed by atoms with E-state index in [2.05, 4.69) is 26.6 Å². The second-order valence-electron chi connectivity index (χ2n) is 6.19. The summed E-state index contributed by atoms with van der Waals surface area (Å²) in [4.78, 5) is 25.3. The number of ether oxygens (including phenoxy) is 2. The number of fused-ring (bicyclic) bond motifs is 1. The molecule has 2 aromatic carbocycles. The summed E-state index contributed by atoms with van der Waals surface area (Å²) in [6, 6.07) is 12.1. The predicted molar refractivity (Wildman–Crippen MR) is 113 cm³/mol. The van der Waals surface area contributed by atoms with Gasteiger partial charge in [-0.25, -0.2) is 0 Å². The van der Waals surface area contributed by atoms with Crippen LogP contribution in [0.4, 0.5) is 0 Å². The van der Waals surface area contributed by atoms with Crippen molar-refractivity contribution in [3.63, 3.8) is 0 Å². The molecule has 0 saturated carbocycles. The van der Waals surface area contributed by atoms with Crippen molar-refractivity contribution in [2.24, 2.45) is 0 Å². The zero-order valence-corrected chi connectivity index (χ0v) is 17.8. The van der Waals surface area contributed by atoms with Crippen molar-refractivity contribution in [2.45, 2.75) is 19.0 Å². The molecule has 1 aliphatic heterocycles. The lowest BCUT2D eigenvalue weighted by atomic mass is 10.1. The highest BCUT2D eigenvalue weighted by Crippen LogP contribution is 2.32. The molecule has 0 spiro atoms. The lowest BCUT2D eigenvalue weighted by Crippen LogP contribution is -2.47. The van der Waals surface area contributed by atoms with E-state index in [-0.39, 0.29) is 18.6 Å². The molecule has 0 bridgehead atoms. The third-order valence-corrected chi connectivity index (χ3v) is 5.59. The van der Waals surface area contributed by atoms with Crippen molar-refractivity contribution in [3.05, 3.63) is 58.1 Å². The van der Waals surface area contributed by atoms with Gasteiger partial charge in [-0.2, -0.15) is 11.8 Å². The molecule has 8 heteroatoms. The molecule has 0 aliphatic carbocycles. The minimum Gasteiger partial charge on any atom is -0.454 e. The minimum atomic E-state index is -0.610. The monoisotopic (exact) mass is 464 g/mol. The highest BCUT2D eigenvalue weighted by atomic mass is 79.9. The maximum absolute atomic E-state index is 12.7. The van der Waals surface area contributed by atoms with E-state index in [0.29, 0.717) is 34.5 Å². The molecule has 0 unspecified atom stereocenters. The van der Waals surface area contributed by atoms with Gasteiger partial charge >= 0.3 is 0 Å². The average molecular weight is 465 g/mol. The zero-order chi connectivity index (χ0) is 19.9. The Morgan fingerprint density at radius 1 is 1.18 bits per heavy atom. The first-order chi connectivity index (χ1) is 13.6. The molecule has 2 amide bonds. The molecule has 0 aromatic heterocycles. The van der Waals surface area contributed by atoms with Crippen LogP contribution in [-0.2, 0) is 11.3 Å². The maximum Gasteiger partial charge on any atom is 0.253 e. The van der Waals surface area contributed by atoms with Crippen molar-refractivity contribution in [2.75, 3.05) is 18.8 Å². The van der Waals surface area contributed by atoms with Crippen molar-refractivity contribution in [1.82, 2.24) is 10.6 Å². The van der Waals surface area contributed by atoms with Crippen molar-refractivity contribution < 1.29 is 19.1 Å². The molecule has 28 heavy (non-hydrogen) atoms. The predicted octanol–water partition coefficient (Wildman–Crippen LogP) is 3.35. The molecule has 148 valence electrons. The Labute approximate surface area is 176 Å². The van der Waals surface area contributed by atoms with Gasteiger partial charge in [0.15, 0.2) is 11.5 Å². The van der Waals surface area contributed by atoms with Crippen LogP contribution < -0.4 is 20.1 Å². The largest absolute Gasteiger partial charge is 0.454 e. The molecule has 1 atom stereocenters. The van der Waals surface area contributed by atoms with E-state index in [1.54, 1.807) is 30.0 Å². The quantitative estimate of drug-likeness (QED) is 0.626. The number of thioether (sulfide) groups is 1. The van der Waals surface area contributed by atoms with Gasteiger partial charge in [0.25, 0.3) is 5.91 Å². The molecular weight excluding hydrogens is 444 g/mol. The maximum atomic E-state index is 12.7. The Bertz CT molecular complexity index is 862. The van der Waals surface area contributed by atoms with Crippen LogP contribution >= 0.6 is 27.7 Å². The molecule has 0 saturated heterocycles. The fourth-order valence-corrected chi connectivity index (χ4v) is 3.69. The van der Waals surface area contributed by atoms with Crippen molar-refractivity contribution >= 4 is 39.5 Å². The summed E-state index contributed by atoms with van der Waals surface area (Å²) in [7, 11) is 0. The molecule has 2 aromatic rings. The van der Waals surface area contributed by atoms with Crippen molar-refractivity contribution in [1.29, 1.82) is 0 Å². The Kier molecular flexibility index (Phi) is 7.22. The first kappa shape index (κ1) is 20.5. The third-order valence-electron chi connectivity index (χ3n) is 4.25. The molecule has 1 heterocycles. The number of halogens is 1. The molecule has 3 rings (SSSR count). The zero-order valence-electron chi connectivity index (χ0n) is 15.4. The fourth-order valence-electron chi connectivity index (χ4n) is 2.75. The highest BCUT2D eigenvalue weighted by Gasteiger charge is 2.22. The lowest BCUT2D eigenvalue weighted by molar-refractivity contribution is -0.123. The van der Waals surface area contributed by atoms with E-state index >= 15 is 0 Å². The van der Waals surface area contributed by atoms with Crippen LogP contribution in [-0.4, -0.2) is 36.7 Å². The second-order valence-corrected chi connectivity index (χ2v) is 8.03. The summed E-state index contributed by atoms with van der Waals surface area (Å²) in [6.07, 6.45) is 2.52. The van der Waals surface area contributed by atoms with Gasteiger partial charge in [0.05, 0.1) is 5.56 Å². The van der Waals surface area contributed by atoms with Crippen LogP contribution in [0.25, 0.3) is 0 Å². The van der Waals surface area contributed by atoms with Gasteiger partial charge in [-0.05, 0) is 64.2 Å². The molecule has 6 nitrogen and oxygen atoms in total. The number of nitrogens with one attached hydrogen (secondary N) is 2. The summed E-state index contributed by atoms with van der Waals surface area (Å²) in [5, 5.41) is 5.75. The number of rotatable bonds is 8. The average Bonchev–Trinajstić information content (AvgIpc) is 3.17. The summed E-state index contributed by atoms with van der Waals surface area (Å²) >= 11 is 5.01. The van der Waals surface area contributed by atoms with Gasteiger partial charge in [0.1, 0.15) is 6.04 Å². The normalized spacial score (nSPS) is 13.1. The van der Waals surface area contributed by atoms with Gasteiger partial charge in [-0.3, -0.25) is 9.59 Å². The summed E-state index contributed by atoms with van der Waals surface area (Å²) < 4.78 is 11.3. The van der Waals surface area contributed by atoms with Gasteiger partial charge in [-0.15, -0.1) is 0 Å². The van der Waals surface area contributed by atoms with E-state index < -0.39 is 6.04 Å². The summed E-state index contributed by atoms with van der Waals surface area (Å²) in [6.45, 7) is 0.555. The number of benzene rings is 2. The molecule has 1 aliphatic rings. The van der Waals surface area contributed by atoms with Crippen molar-refractivity contribution in [3.8, 4) is 11.5 Å². The fraction of sp³-hybridized carbons (Fsp3) is 0.300. The van der Waals surface area contributed by atoms with E-state index in [4.69, 9.17) is 9.47 Å². The molecule has 0 fully saturated rings. The van der Waals surface area contributed by atoms with Gasteiger partial charge in [0, 0.05) is 11.0 Å². The second kappa shape index (κ2) is 9.84. The summed E-state index contributed by atoms with van der Waals surface area (Å²) in [5.74, 6) is 1.64. The van der Waals surface area contributed by atoms with E-state index in [1.807, 2.05) is 30.5 Å². The van der Waals surface area contributed by atoms with E-state index in [9.17, 15) is 9.59 Å². The van der Waals surface area contributed by atoms with Crippen LogP contribution in [0.15, 0.2) is 46.9 Å². The van der Waals surface area contributed by atoms with Crippen LogP contribution in [0, 0.1) is 0 Å². The van der Waals surface area contributed by atoms with Crippen LogP contribution in [0.1, 0.15) is 22.3 Å². The Balaban J connectivity index is 1.62. The van der Waals surface area contributed by atoms with E-state index in [1.165, 1.54) is 0 Å². The molecule has 0 radical (unpaired) electrons. The van der Waals surface area contributed by atoms with E-state index in [0.717, 1.165) is 11.3 Å². The van der Waals surface area contributed by atoms with Gasteiger partial charge in [0.2, 0.25) is 12.7 Å². The SMILES string of the molecule is CSCC[C@H](NC(=O)c1ccccc1Br)C(=O)NCc1ccc2c(c1)OCO2. The first-order valence-corrected chi connectivity index (χ1v) is 11.0. The number of carbonyl (C=O) groups excluding carboxylic acids is 2. The first-order valence-electron chi connectivity index (χ1n) is 8.79. The van der Waals surface area contributed by atoms with Gasteiger partial charge in [-0.1, -0.05) is 18.2 Å². The smallest absolute Gasteiger partial charge is 0.253 e. The van der Waals surface area contributed by atoms with Crippen LogP contribution in [0.3, 0.4) is 0 Å². The van der Waals surface area contributed by atoms with Crippen LogP contribution in [0.2, 0.25) is 0 Å². The Morgan fingerprint density at radius 2 is 1.96 bits per heavy atom. The number of hydrogen-bond acceptors (Lipinski definition) is 5. The summed E-state index contributed by atoms with van der Waals surface area (Å²) in [5.41, 5.74) is 1.40. The standard InChI is InChI=1S/C20H21BrN2O4S/c1-28-9-8-16(23-19(24)14-4-2-3-5-15(14)21)20(25)22-11-13-6-7-17-18(10-13)27-12-26-17/h2-7,10,16H,8-9,11-12H2,1H3,(H,22,25)(H,23,24)/t16-/m0/s1. The number of carbonyl (C=O) groups is 2. The molecular formula is C20H21BrN2O4S. The third kappa shape index (κ3) is 5.20. The van der Waals surface area contributed by atoms with Gasteiger partial charge < -0.3 is 20.1 Å². The minimum absolute atomic E-state index is 0.211. The number of hydrogen-bond donors (Lipinski definition) is 2.